The topological polar surface area (TPSA) is 142 Å². The van der Waals surface area contributed by atoms with Gasteiger partial charge in [-0.3, -0.25) is 0 Å². The van der Waals surface area contributed by atoms with Crippen molar-refractivity contribution in [1.82, 2.24) is 10.1 Å². The van der Waals surface area contributed by atoms with Crippen LogP contribution in [0, 0.1) is 10.2 Å². The van der Waals surface area contributed by atoms with E-state index in [9.17, 15) is 4.79 Å². The average Bonchev–Trinajstić information content (AvgIpc) is 2.60. The number of rotatable bonds is 1. The highest BCUT2D eigenvalue weighted by Gasteiger charge is 2.15. The second-order valence-electron chi connectivity index (χ2n) is 5.24. The van der Waals surface area contributed by atoms with Gasteiger partial charge in [-0.25, -0.2) is 28.4 Å². The molecule has 2 aromatic carbocycles. The quantitative estimate of drug-likeness (QED) is 0.290. The fourth-order valence-electron chi connectivity index (χ4n) is 2.50. The summed E-state index contributed by atoms with van der Waals surface area (Å²) in [6.07, 6.45) is 0. The highest BCUT2D eigenvalue weighted by molar-refractivity contribution is 5.76. The van der Waals surface area contributed by atoms with E-state index in [4.69, 9.17) is 18.6 Å². The Morgan fingerprint density at radius 2 is 1.46 bits per heavy atom. The van der Waals surface area contributed by atoms with Crippen molar-refractivity contribution in [1.29, 1.82) is 0 Å². The van der Waals surface area contributed by atoms with Crippen LogP contribution in [-0.2, 0) is 0 Å². The normalized spacial score (nSPS) is 11.2. The zero-order valence-corrected chi connectivity index (χ0v) is 13.9. The Labute approximate surface area is 149 Å². The second-order valence-corrected chi connectivity index (χ2v) is 5.99. The minimum Gasteiger partial charge on any atom is -0.239 e. The van der Waals surface area contributed by atoms with E-state index in [1.54, 1.807) is 4.52 Å². The van der Waals surface area contributed by atoms with Crippen LogP contribution in [0.2, 0.25) is 0 Å². The van der Waals surface area contributed by atoms with E-state index < -0.39 is 10.2 Å². The van der Waals surface area contributed by atoms with E-state index in [0.717, 1.165) is 16.5 Å². The number of para-hydroxylation sites is 1. The van der Waals surface area contributed by atoms with Crippen molar-refractivity contribution in [2.45, 2.75) is 0 Å². The number of hydrogen-bond donors (Lipinski definition) is 1. The molecule has 132 valence electrons. The molecule has 26 heavy (non-hydrogen) atoms. The molecule has 4 aromatic rings. The Balaban J connectivity index is 0.000000349. The van der Waals surface area contributed by atoms with Crippen LogP contribution in [0.4, 0.5) is 0 Å². The van der Waals surface area contributed by atoms with Crippen molar-refractivity contribution in [2.24, 2.45) is 0 Å². The molecule has 0 unspecified atom stereocenters. The Hall–Kier alpha value is -2.88. The van der Waals surface area contributed by atoms with Gasteiger partial charge in [-0.05, 0) is 12.1 Å². The van der Waals surface area contributed by atoms with Crippen molar-refractivity contribution in [3.8, 4) is 11.3 Å². The molecule has 0 aliphatic rings. The highest BCUT2D eigenvalue weighted by atomic mass is 35.7. The number of benzene rings is 2. The maximum absolute atomic E-state index is 12.2. The molecule has 0 amide bonds. The summed E-state index contributed by atoms with van der Waals surface area (Å²) in [5, 5.41) is 5.62. The molecule has 0 bridgehead atoms. The third kappa shape index (κ3) is 4.20. The largest absolute Gasteiger partial charge is 0.362 e. The smallest absolute Gasteiger partial charge is 0.239 e. The second kappa shape index (κ2) is 7.16. The first-order chi connectivity index (χ1) is 12.3. The van der Waals surface area contributed by atoms with Gasteiger partial charge in [0.1, 0.15) is 0 Å². The molecule has 2 aromatic heterocycles. The number of aromatic nitrogens is 3. The molecule has 0 fully saturated rings. The molecule has 0 spiro atoms. The average molecular weight is 374 g/mol. The van der Waals surface area contributed by atoms with Gasteiger partial charge < -0.3 is 0 Å². The number of nitrogens with one attached hydrogen (secondary N) is 1. The third-order valence-electron chi connectivity index (χ3n) is 3.52. The summed E-state index contributed by atoms with van der Waals surface area (Å²) in [5.74, 6) is 0. The summed E-state index contributed by atoms with van der Waals surface area (Å²) in [7, 11) is -4.94. The lowest BCUT2D eigenvalue weighted by molar-refractivity contribution is -2.00. The molecule has 0 radical (unpaired) electrons. The number of hydrogen-bond acceptors (Lipinski definition) is 6. The minimum atomic E-state index is -4.94. The maximum atomic E-state index is 12.2. The molecule has 8 nitrogen and oxygen atoms in total. The van der Waals surface area contributed by atoms with Crippen molar-refractivity contribution in [3.63, 3.8) is 0 Å². The molecular weight excluding hydrogens is 362 g/mol. The van der Waals surface area contributed by atoms with Gasteiger partial charge in [0.2, 0.25) is 5.69 Å². The van der Waals surface area contributed by atoms with Crippen molar-refractivity contribution in [3.05, 3.63) is 77.1 Å². The molecule has 4 rings (SSSR count). The van der Waals surface area contributed by atoms with Gasteiger partial charge in [0.25, 0.3) is 0 Å². The molecule has 9 heteroatoms. The van der Waals surface area contributed by atoms with Crippen molar-refractivity contribution < 1.29 is 33.4 Å². The summed E-state index contributed by atoms with van der Waals surface area (Å²) in [6.45, 7) is 0. The Morgan fingerprint density at radius 1 is 0.846 bits per heavy atom. The van der Waals surface area contributed by atoms with E-state index in [-0.39, 0.29) is 5.56 Å². The van der Waals surface area contributed by atoms with Crippen LogP contribution >= 0.6 is 0 Å². The number of halogens is 1. The molecule has 1 N–H and O–H groups in total. The van der Waals surface area contributed by atoms with Crippen LogP contribution in [0.3, 0.4) is 0 Å². The van der Waals surface area contributed by atoms with Crippen molar-refractivity contribution >= 4 is 16.6 Å². The van der Waals surface area contributed by atoms with E-state index in [1.165, 1.54) is 0 Å². The standard InChI is InChI=1S/C17H11N3O.ClHO4/c21-17-16(13-7-2-1-3-8-13)19-20-14-9-5-4-6-12(14)10-11-15(20)18-17;2-1(3,4)5/h1-11H;(H,2,3,4,5). The Kier molecular flexibility index (Phi) is 4.94. The zero-order valence-electron chi connectivity index (χ0n) is 13.2. The number of aromatic amines is 1. The molecule has 0 atom stereocenters. The van der Waals surface area contributed by atoms with Gasteiger partial charge in [0.05, 0.1) is 0 Å². The van der Waals surface area contributed by atoms with E-state index >= 15 is 0 Å². The predicted octanol–water partition coefficient (Wildman–Crippen LogP) is -2.43. The van der Waals surface area contributed by atoms with Crippen LogP contribution in [0.25, 0.3) is 27.8 Å². The first kappa shape index (κ1) is 17.9. The highest BCUT2D eigenvalue weighted by Crippen LogP contribution is 2.12. The van der Waals surface area contributed by atoms with E-state index in [0.29, 0.717) is 11.3 Å². The Morgan fingerprint density at radius 3 is 2.15 bits per heavy atom. The summed E-state index contributed by atoms with van der Waals surface area (Å²) in [4.78, 5) is 15.1. The van der Waals surface area contributed by atoms with Gasteiger partial charge in [-0.1, -0.05) is 58.1 Å². The summed E-state index contributed by atoms with van der Waals surface area (Å²) >= 11 is 0. The van der Waals surface area contributed by atoms with Crippen LogP contribution < -0.4 is 28.7 Å². The fourth-order valence-corrected chi connectivity index (χ4v) is 2.50. The number of H-pyrrole nitrogens is 1. The number of pyridine rings is 1. The van der Waals surface area contributed by atoms with E-state index in [2.05, 4.69) is 10.1 Å². The molecular formula is C17H12ClN3O5. The van der Waals surface area contributed by atoms with Gasteiger partial charge in [-0.15, -0.1) is 10.2 Å². The van der Waals surface area contributed by atoms with Gasteiger partial charge in [0.15, 0.2) is 5.52 Å². The van der Waals surface area contributed by atoms with Crippen molar-refractivity contribution in [2.75, 3.05) is 0 Å². The lowest BCUT2D eigenvalue weighted by atomic mass is 10.2. The summed E-state index contributed by atoms with van der Waals surface area (Å²) < 4.78 is 35.7. The van der Waals surface area contributed by atoms with Crippen LogP contribution in [0.5, 0.6) is 0 Å². The molecule has 0 aliphatic carbocycles. The SMILES string of the molecule is O=c1[nH]c2ccc3ccccc3[n+]2nc1-c1ccccc1.[O-][Cl+3]([O-])([O-])[O-]. The van der Waals surface area contributed by atoms with Gasteiger partial charge in [0, 0.05) is 17.0 Å². The molecule has 0 aliphatic heterocycles. The van der Waals surface area contributed by atoms with Crippen LogP contribution in [0.15, 0.2) is 71.5 Å². The van der Waals surface area contributed by atoms with E-state index in [1.807, 2.05) is 66.7 Å². The lowest BCUT2D eigenvalue weighted by Gasteiger charge is -2.17. The number of fused-ring (bicyclic) bond motifs is 3. The van der Waals surface area contributed by atoms with Gasteiger partial charge in [-0.2, -0.15) is 0 Å². The fraction of sp³-hybridized carbons (Fsp3) is 0. The Bertz CT molecular complexity index is 1100. The lowest BCUT2D eigenvalue weighted by Crippen LogP contribution is -2.68. The maximum Gasteiger partial charge on any atom is 0.362 e. The number of nitrogens with zero attached hydrogens (tertiary/aromatic N) is 2. The van der Waals surface area contributed by atoms with Crippen LogP contribution in [-0.4, -0.2) is 10.1 Å². The molecule has 0 saturated carbocycles. The minimum absolute atomic E-state index is 0.184. The third-order valence-corrected chi connectivity index (χ3v) is 3.52. The monoisotopic (exact) mass is 373 g/mol. The zero-order chi connectivity index (χ0) is 18.7. The summed E-state index contributed by atoms with van der Waals surface area (Å²) in [5.41, 5.74) is 2.68. The molecule has 0 saturated heterocycles. The predicted molar refractivity (Wildman–Crippen MR) is 81.0 cm³/mol. The van der Waals surface area contributed by atoms with Crippen LogP contribution in [0.1, 0.15) is 0 Å². The summed E-state index contributed by atoms with van der Waals surface area (Å²) in [6, 6.07) is 21.3. The van der Waals surface area contributed by atoms with Gasteiger partial charge >= 0.3 is 11.2 Å². The first-order valence-corrected chi connectivity index (χ1v) is 8.58. The first-order valence-electron chi connectivity index (χ1n) is 7.34. The molecule has 2 heterocycles.